The summed E-state index contributed by atoms with van der Waals surface area (Å²) < 4.78 is 1.82. The van der Waals surface area contributed by atoms with Crippen molar-refractivity contribution in [1.29, 1.82) is 0 Å². The molecule has 0 amide bonds. The Labute approximate surface area is 86.5 Å². The Morgan fingerprint density at radius 1 is 1.50 bits per heavy atom. The topological polar surface area (TPSA) is 29.9 Å². The lowest BCUT2D eigenvalue weighted by molar-refractivity contribution is 0.615. The third kappa shape index (κ3) is 3.81. The van der Waals surface area contributed by atoms with Gasteiger partial charge in [-0.3, -0.25) is 4.68 Å². The van der Waals surface area contributed by atoms with Crippen molar-refractivity contribution < 1.29 is 0 Å². The van der Waals surface area contributed by atoms with Gasteiger partial charge in [0.15, 0.2) is 0 Å². The molecule has 0 aliphatic heterocycles. The van der Waals surface area contributed by atoms with Crippen LogP contribution in [0.25, 0.3) is 0 Å². The summed E-state index contributed by atoms with van der Waals surface area (Å²) in [5.41, 5.74) is 1.12. The predicted molar refractivity (Wildman–Crippen MR) is 60.4 cm³/mol. The zero-order valence-electron chi connectivity index (χ0n) is 9.45. The molecule has 1 aromatic heterocycles. The fraction of sp³-hybridized carbons (Fsp3) is 0.727. The smallest absolute Gasteiger partial charge is 0.0728 e. The molecule has 1 unspecified atom stereocenters. The molecule has 0 bridgehead atoms. The summed E-state index contributed by atoms with van der Waals surface area (Å²) >= 11 is 0. The summed E-state index contributed by atoms with van der Waals surface area (Å²) in [4.78, 5) is 0. The first-order valence-corrected chi connectivity index (χ1v) is 5.47. The van der Waals surface area contributed by atoms with Crippen molar-refractivity contribution >= 4 is 5.69 Å². The SMILES string of the molecule is CCCCCC(C)Nc1cnn(C)c1. The molecule has 3 heteroatoms. The average molecular weight is 195 g/mol. The van der Waals surface area contributed by atoms with Gasteiger partial charge in [0, 0.05) is 19.3 Å². The van der Waals surface area contributed by atoms with Crippen LogP contribution in [0, 0.1) is 0 Å². The lowest BCUT2D eigenvalue weighted by Crippen LogP contribution is -2.14. The number of nitrogens with zero attached hydrogens (tertiary/aromatic N) is 2. The van der Waals surface area contributed by atoms with E-state index in [0.717, 1.165) is 5.69 Å². The molecule has 0 saturated heterocycles. The van der Waals surface area contributed by atoms with Crippen molar-refractivity contribution in [2.75, 3.05) is 5.32 Å². The summed E-state index contributed by atoms with van der Waals surface area (Å²) in [6, 6.07) is 0.547. The molecule has 0 radical (unpaired) electrons. The highest BCUT2D eigenvalue weighted by molar-refractivity contribution is 5.38. The second-order valence-corrected chi connectivity index (χ2v) is 3.94. The molecular formula is C11H21N3. The van der Waals surface area contributed by atoms with Crippen molar-refractivity contribution in [3.05, 3.63) is 12.4 Å². The van der Waals surface area contributed by atoms with Gasteiger partial charge in [-0.25, -0.2) is 0 Å². The molecule has 0 aromatic carbocycles. The first-order chi connectivity index (χ1) is 6.72. The molecule has 3 nitrogen and oxygen atoms in total. The van der Waals surface area contributed by atoms with Gasteiger partial charge in [-0.2, -0.15) is 5.10 Å². The maximum Gasteiger partial charge on any atom is 0.0728 e. The molecule has 14 heavy (non-hydrogen) atoms. The van der Waals surface area contributed by atoms with E-state index in [-0.39, 0.29) is 0 Å². The number of hydrogen-bond acceptors (Lipinski definition) is 2. The highest BCUT2D eigenvalue weighted by Crippen LogP contribution is 2.10. The lowest BCUT2D eigenvalue weighted by Gasteiger charge is -2.12. The number of nitrogens with one attached hydrogen (secondary N) is 1. The maximum atomic E-state index is 4.12. The van der Waals surface area contributed by atoms with Crippen molar-refractivity contribution in [3.8, 4) is 0 Å². The van der Waals surface area contributed by atoms with Crippen LogP contribution in [0.2, 0.25) is 0 Å². The van der Waals surface area contributed by atoms with Gasteiger partial charge < -0.3 is 5.32 Å². The summed E-state index contributed by atoms with van der Waals surface area (Å²) in [6.45, 7) is 4.46. The van der Waals surface area contributed by atoms with Crippen LogP contribution in [0.3, 0.4) is 0 Å². The first-order valence-electron chi connectivity index (χ1n) is 5.47. The average Bonchev–Trinajstić information content (AvgIpc) is 2.52. The zero-order chi connectivity index (χ0) is 10.4. The molecule has 0 saturated carbocycles. The molecule has 80 valence electrons. The molecule has 0 spiro atoms. The third-order valence-electron chi connectivity index (χ3n) is 2.36. The van der Waals surface area contributed by atoms with Crippen LogP contribution in [-0.2, 0) is 7.05 Å². The minimum Gasteiger partial charge on any atom is -0.380 e. The first kappa shape index (κ1) is 11.1. The van der Waals surface area contributed by atoms with Crippen LogP contribution in [0.4, 0.5) is 5.69 Å². The van der Waals surface area contributed by atoms with Crippen LogP contribution >= 0.6 is 0 Å². The van der Waals surface area contributed by atoms with Crippen LogP contribution in [0.5, 0.6) is 0 Å². The molecule has 0 aliphatic rings. The van der Waals surface area contributed by atoms with Crippen molar-refractivity contribution in [2.24, 2.45) is 7.05 Å². The van der Waals surface area contributed by atoms with E-state index in [1.54, 1.807) is 0 Å². The van der Waals surface area contributed by atoms with Gasteiger partial charge in [0.1, 0.15) is 0 Å². The van der Waals surface area contributed by atoms with E-state index >= 15 is 0 Å². The Morgan fingerprint density at radius 3 is 2.86 bits per heavy atom. The van der Waals surface area contributed by atoms with Gasteiger partial charge in [0.05, 0.1) is 11.9 Å². The highest BCUT2D eigenvalue weighted by Gasteiger charge is 2.02. The van der Waals surface area contributed by atoms with Gasteiger partial charge in [-0.05, 0) is 13.3 Å². The lowest BCUT2D eigenvalue weighted by atomic mass is 10.1. The van der Waals surface area contributed by atoms with E-state index in [9.17, 15) is 0 Å². The number of aryl methyl sites for hydroxylation is 1. The normalized spacial score (nSPS) is 12.8. The van der Waals surface area contributed by atoms with E-state index in [1.165, 1.54) is 25.7 Å². The number of rotatable bonds is 6. The quantitative estimate of drug-likeness (QED) is 0.707. The van der Waals surface area contributed by atoms with Gasteiger partial charge in [-0.1, -0.05) is 26.2 Å². The fourth-order valence-electron chi connectivity index (χ4n) is 1.55. The van der Waals surface area contributed by atoms with E-state index in [0.29, 0.717) is 6.04 Å². The van der Waals surface area contributed by atoms with Gasteiger partial charge in [0.25, 0.3) is 0 Å². The van der Waals surface area contributed by atoms with Crippen LogP contribution in [-0.4, -0.2) is 15.8 Å². The fourth-order valence-corrected chi connectivity index (χ4v) is 1.55. The Morgan fingerprint density at radius 2 is 2.29 bits per heavy atom. The summed E-state index contributed by atoms with van der Waals surface area (Å²) in [5, 5.41) is 7.56. The van der Waals surface area contributed by atoms with Gasteiger partial charge in [0.2, 0.25) is 0 Å². The second kappa shape index (κ2) is 5.68. The van der Waals surface area contributed by atoms with E-state index in [1.807, 2.05) is 24.1 Å². The monoisotopic (exact) mass is 195 g/mol. The van der Waals surface area contributed by atoms with E-state index in [2.05, 4.69) is 24.3 Å². The molecule has 0 fully saturated rings. The third-order valence-corrected chi connectivity index (χ3v) is 2.36. The summed E-state index contributed by atoms with van der Waals surface area (Å²) in [6.07, 6.45) is 9.05. The minimum absolute atomic E-state index is 0.547. The maximum absolute atomic E-state index is 4.12. The Kier molecular flexibility index (Phi) is 4.50. The van der Waals surface area contributed by atoms with E-state index < -0.39 is 0 Å². The van der Waals surface area contributed by atoms with Crippen LogP contribution in [0.1, 0.15) is 39.5 Å². The van der Waals surface area contributed by atoms with Crippen molar-refractivity contribution in [2.45, 2.75) is 45.6 Å². The minimum atomic E-state index is 0.547. The Bertz CT molecular complexity index is 255. The molecular weight excluding hydrogens is 174 g/mol. The number of hydrogen-bond donors (Lipinski definition) is 1. The number of unbranched alkanes of at least 4 members (excludes halogenated alkanes) is 2. The van der Waals surface area contributed by atoms with Crippen LogP contribution < -0.4 is 5.32 Å². The van der Waals surface area contributed by atoms with Crippen molar-refractivity contribution in [1.82, 2.24) is 9.78 Å². The van der Waals surface area contributed by atoms with Crippen molar-refractivity contribution in [3.63, 3.8) is 0 Å². The number of aromatic nitrogens is 2. The molecule has 1 rings (SSSR count). The molecule has 1 atom stereocenters. The highest BCUT2D eigenvalue weighted by atomic mass is 15.3. The molecule has 0 aliphatic carbocycles. The summed E-state index contributed by atoms with van der Waals surface area (Å²) in [5.74, 6) is 0. The largest absolute Gasteiger partial charge is 0.380 e. The van der Waals surface area contributed by atoms with Gasteiger partial charge >= 0.3 is 0 Å². The standard InChI is InChI=1S/C11H21N3/c1-4-5-6-7-10(2)13-11-8-12-14(3)9-11/h8-10,13H,4-7H2,1-3H3. The predicted octanol–water partition coefficient (Wildman–Crippen LogP) is 2.80. The Hall–Kier alpha value is -0.990. The van der Waals surface area contributed by atoms with Gasteiger partial charge in [-0.15, -0.1) is 0 Å². The van der Waals surface area contributed by atoms with E-state index in [4.69, 9.17) is 0 Å². The molecule has 1 N–H and O–H groups in total. The Balaban J connectivity index is 2.23. The second-order valence-electron chi connectivity index (χ2n) is 3.94. The molecule has 1 heterocycles. The van der Waals surface area contributed by atoms with Crippen LogP contribution in [0.15, 0.2) is 12.4 Å². The summed E-state index contributed by atoms with van der Waals surface area (Å²) in [7, 11) is 1.94. The zero-order valence-corrected chi connectivity index (χ0v) is 9.45. The molecule has 1 aromatic rings. The number of anilines is 1.